The van der Waals surface area contributed by atoms with E-state index in [4.69, 9.17) is 11.6 Å². The number of hydrogen-bond acceptors (Lipinski definition) is 0. The van der Waals surface area contributed by atoms with Crippen molar-refractivity contribution in [3.05, 3.63) is 82.1 Å². The summed E-state index contributed by atoms with van der Waals surface area (Å²) in [5.74, 6) is -0.299. The Balaban J connectivity index is 2.21. The Hall–Kier alpha value is -1.38. The molecule has 0 spiro atoms. The Morgan fingerprint density at radius 2 is 1.60 bits per heavy atom. The summed E-state index contributed by atoms with van der Waals surface area (Å²) in [6.45, 7) is 0. The molecule has 0 saturated carbocycles. The molecule has 0 N–H and O–H groups in total. The van der Waals surface area contributed by atoms with Crippen molar-refractivity contribution < 1.29 is 4.39 Å². The number of alkyl halides is 1. The molecule has 100 valence electrons. The zero-order valence-corrected chi connectivity index (χ0v) is 12.8. The predicted molar refractivity (Wildman–Crippen MR) is 85.7 cm³/mol. The highest BCUT2D eigenvalue weighted by molar-refractivity contribution is 9.10. The van der Waals surface area contributed by atoms with E-state index in [0.717, 1.165) is 16.3 Å². The SMILES string of the molecule is Fc1cccc(Br)c1C(Cl)c1cccc2ccccc12. The van der Waals surface area contributed by atoms with Gasteiger partial charge in [0.2, 0.25) is 0 Å². The molecule has 0 radical (unpaired) electrons. The summed E-state index contributed by atoms with van der Waals surface area (Å²) >= 11 is 9.94. The van der Waals surface area contributed by atoms with Gasteiger partial charge >= 0.3 is 0 Å². The van der Waals surface area contributed by atoms with Gasteiger partial charge < -0.3 is 0 Å². The quantitative estimate of drug-likeness (QED) is 0.493. The second-order valence-electron chi connectivity index (χ2n) is 4.57. The van der Waals surface area contributed by atoms with E-state index in [-0.39, 0.29) is 5.82 Å². The average molecular weight is 350 g/mol. The van der Waals surface area contributed by atoms with E-state index in [1.54, 1.807) is 12.1 Å². The van der Waals surface area contributed by atoms with Crippen molar-refractivity contribution in [1.29, 1.82) is 0 Å². The van der Waals surface area contributed by atoms with Crippen LogP contribution in [0, 0.1) is 5.82 Å². The summed E-state index contributed by atoms with van der Waals surface area (Å²) in [6.07, 6.45) is 0. The van der Waals surface area contributed by atoms with Gasteiger partial charge in [0.05, 0.1) is 5.38 Å². The summed E-state index contributed by atoms with van der Waals surface area (Å²) in [4.78, 5) is 0. The molecule has 3 heteroatoms. The van der Waals surface area contributed by atoms with Crippen LogP contribution in [0.25, 0.3) is 10.8 Å². The third-order valence-electron chi connectivity index (χ3n) is 3.35. The second-order valence-corrected chi connectivity index (χ2v) is 5.86. The molecule has 0 aliphatic carbocycles. The molecule has 3 aromatic rings. The molecule has 1 unspecified atom stereocenters. The van der Waals surface area contributed by atoms with Crippen molar-refractivity contribution in [3.8, 4) is 0 Å². The third kappa shape index (κ3) is 2.34. The van der Waals surface area contributed by atoms with Crippen LogP contribution < -0.4 is 0 Å². The van der Waals surface area contributed by atoms with E-state index in [2.05, 4.69) is 15.9 Å². The zero-order chi connectivity index (χ0) is 14.1. The van der Waals surface area contributed by atoms with Crippen molar-refractivity contribution >= 4 is 38.3 Å². The molecule has 0 fully saturated rings. The van der Waals surface area contributed by atoms with Gasteiger partial charge in [0.25, 0.3) is 0 Å². The van der Waals surface area contributed by atoms with Gasteiger partial charge in [0.15, 0.2) is 0 Å². The highest BCUT2D eigenvalue weighted by Crippen LogP contribution is 2.38. The summed E-state index contributed by atoms with van der Waals surface area (Å²) < 4.78 is 14.8. The average Bonchev–Trinajstić information content (AvgIpc) is 2.46. The van der Waals surface area contributed by atoms with Crippen molar-refractivity contribution in [3.63, 3.8) is 0 Å². The number of rotatable bonds is 2. The minimum Gasteiger partial charge on any atom is -0.207 e. The van der Waals surface area contributed by atoms with Crippen molar-refractivity contribution in [2.45, 2.75) is 5.38 Å². The largest absolute Gasteiger partial charge is 0.207 e. The minimum atomic E-state index is -0.531. The fourth-order valence-electron chi connectivity index (χ4n) is 2.38. The lowest BCUT2D eigenvalue weighted by Gasteiger charge is -2.15. The monoisotopic (exact) mass is 348 g/mol. The molecule has 0 bridgehead atoms. The van der Waals surface area contributed by atoms with Crippen molar-refractivity contribution in [2.75, 3.05) is 0 Å². The number of halogens is 3. The Labute approximate surface area is 130 Å². The van der Waals surface area contributed by atoms with E-state index in [9.17, 15) is 4.39 Å². The Bertz CT molecular complexity index is 744. The van der Waals surface area contributed by atoms with E-state index in [0.29, 0.717) is 10.0 Å². The van der Waals surface area contributed by atoms with E-state index >= 15 is 0 Å². The highest BCUT2D eigenvalue weighted by atomic mass is 79.9. The molecule has 0 amide bonds. The topological polar surface area (TPSA) is 0 Å². The summed E-state index contributed by atoms with van der Waals surface area (Å²) in [6, 6.07) is 18.8. The number of hydrogen-bond donors (Lipinski definition) is 0. The fraction of sp³-hybridized carbons (Fsp3) is 0.0588. The van der Waals surface area contributed by atoms with Gasteiger partial charge in [0, 0.05) is 10.0 Å². The molecule has 3 rings (SSSR count). The summed E-state index contributed by atoms with van der Waals surface area (Å²) in [5.41, 5.74) is 1.39. The van der Waals surface area contributed by atoms with Gasteiger partial charge in [-0.2, -0.15) is 0 Å². The molecule has 0 aromatic heterocycles. The zero-order valence-electron chi connectivity index (χ0n) is 10.5. The van der Waals surface area contributed by atoms with Crippen LogP contribution in [-0.2, 0) is 0 Å². The van der Waals surface area contributed by atoms with Gasteiger partial charge in [-0.3, -0.25) is 0 Å². The van der Waals surface area contributed by atoms with E-state index < -0.39 is 5.38 Å². The normalized spacial score (nSPS) is 12.6. The Kier molecular flexibility index (Phi) is 3.77. The fourth-order valence-corrected chi connectivity index (χ4v) is 3.49. The lowest BCUT2D eigenvalue weighted by Crippen LogP contribution is -1.99. The minimum absolute atomic E-state index is 0.299. The first kappa shape index (κ1) is 13.6. The highest BCUT2D eigenvalue weighted by Gasteiger charge is 2.19. The van der Waals surface area contributed by atoms with Crippen molar-refractivity contribution in [1.82, 2.24) is 0 Å². The van der Waals surface area contributed by atoms with Crippen LogP contribution in [0.15, 0.2) is 65.1 Å². The van der Waals surface area contributed by atoms with E-state index in [1.165, 1.54) is 6.07 Å². The van der Waals surface area contributed by atoms with Crippen LogP contribution in [0.1, 0.15) is 16.5 Å². The smallest absolute Gasteiger partial charge is 0.129 e. The van der Waals surface area contributed by atoms with Crippen LogP contribution in [-0.4, -0.2) is 0 Å². The van der Waals surface area contributed by atoms with Crippen LogP contribution >= 0.6 is 27.5 Å². The van der Waals surface area contributed by atoms with Crippen LogP contribution in [0.5, 0.6) is 0 Å². The summed E-state index contributed by atoms with van der Waals surface area (Å²) in [5, 5.41) is 1.62. The maximum absolute atomic E-state index is 14.1. The molecular formula is C17H11BrClF. The molecule has 3 aromatic carbocycles. The molecule has 0 saturated heterocycles. The lowest BCUT2D eigenvalue weighted by molar-refractivity contribution is 0.611. The first-order valence-electron chi connectivity index (χ1n) is 6.24. The maximum atomic E-state index is 14.1. The molecule has 0 aliphatic rings. The maximum Gasteiger partial charge on any atom is 0.129 e. The molecule has 1 atom stereocenters. The van der Waals surface area contributed by atoms with Gasteiger partial charge in [-0.15, -0.1) is 11.6 Å². The van der Waals surface area contributed by atoms with Gasteiger partial charge in [-0.1, -0.05) is 64.5 Å². The standard InChI is InChI=1S/C17H11BrClF/c18-14-9-4-10-15(20)16(14)17(19)13-8-3-6-11-5-1-2-7-12(11)13/h1-10,17H. The molecule has 0 nitrogen and oxygen atoms in total. The molecule has 0 aliphatic heterocycles. The Morgan fingerprint density at radius 3 is 2.40 bits per heavy atom. The van der Waals surface area contributed by atoms with Crippen LogP contribution in [0.3, 0.4) is 0 Å². The van der Waals surface area contributed by atoms with Gasteiger partial charge in [-0.05, 0) is 28.5 Å². The molecular weight excluding hydrogens is 339 g/mol. The van der Waals surface area contributed by atoms with Crippen LogP contribution in [0.4, 0.5) is 4.39 Å². The van der Waals surface area contributed by atoms with E-state index in [1.807, 2.05) is 42.5 Å². The van der Waals surface area contributed by atoms with Crippen molar-refractivity contribution in [2.24, 2.45) is 0 Å². The molecule has 0 heterocycles. The van der Waals surface area contributed by atoms with Gasteiger partial charge in [-0.25, -0.2) is 4.39 Å². The predicted octanol–water partition coefficient (Wildman–Crippen LogP) is 6.07. The van der Waals surface area contributed by atoms with Gasteiger partial charge in [0.1, 0.15) is 5.82 Å². The second kappa shape index (κ2) is 5.55. The Morgan fingerprint density at radius 1 is 0.900 bits per heavy atom. The third-order valence-corrected chi connectivity index (χ3v) is 4.49. The number of fused-ring (bicyclic) bond motifs is 1. The first-order valence-corrected chi connectivity index (χ1v) is 7.47. The summed E-state index contributed by atoms with van der Waals surface area (Å²) in [7, 11) is 0. The first-order chi connectivity index (χ1) is 9.68. The number of benzene rings is 3. The molecule has 20 heavy (non-hydrogen) atoms. The van der Waals surface area contributed by atoms with Crippen LogP contribution in [0.2, 0.25) is 0 Å². The lowest BCUT2D eigenvalue weighted by atomic mass is 9.98.